The molecule has 1 aromatic carbocycles. The molecule has 0 saturated carbocycles. The summed E-state index contributed by atoms with van der Waals surface area (Å²) in [5, 5.41) is 16.9. The molecule has 21 heavy (non-hydrogen) atoms. The van der Waals surface area contributed by atoms with Crippen molar-refractivity contribution in [2.75, 3.05) is 26.8 Å². The van der Waals surface area contributed by atoms with E-state index in [4.69, 9.17) is 4.74 Å². The van der Waals surface area contributed by atoms with Crippen LogP contribution in [0.25, 0.3) is 0 Å². The number of ether oxygens (including phenoxy) is 1. The number of nitrogens with one attached hydrogen (secondary N) is 2. The molecule has 0 saturated heterocycles. The Hall–Kier alpha value is -1.42. The molecule has 1 rings (SSSR count). The second kappa shape index (κ2) is 11.3. The summed E-state index contributed by atoms with van der Waals surface area (Å²) in [6, 6.07) is 6.51. The molecule has 0 radical (unpaired) electrons. The zero-order valence-corrected chi connectivity index (χ0v) is 14.5. The monoisotopic (exact) mass is 408 g/mol. The fraction of sp³-hybridized carbons (Fsp3) is 0.462. The Labute approximate surface area is 141 Å². The topological polar surface area (TPSA) is 88.8 Å². The summed E-state index contributed by atoms with van der Waals surface area (Å²) in [5.74, 6) is 0.635. The third kappa shape index (κ3) is 7.81. The lowest BCUT2D eigenvalue weighted by molar-refractivity contribution is -0.384. The molecule has 0 fully saturated rings. The fourth-order valence-electron chi connectivity index (χ4n) is 1.57. The average Bonchev–Trinajstić information content (AvgIpc) is 2.47. The molecule has 118 valence electrons. The van der Waals surface area contributed by atoms with Crippen LogP contribution in [0.1, 0.15) is 12.5 Å². The van der Waals surface area contributed by atoms with Gasteiger partial charge in [-0.3, -0.25) is 15.1 Å². The number of nitro benzene ring substituents is 1. The molecule has 0 aliphatic carbocycles. The number of halogens is 1. The summed E-state index contributed by atoms with van der Waals surface area (Å²) >= 11 is 0. The number of rotatable bonds is 7. The lowest BCUT2D eigenvalue weighted by Crippen LogP contribution is -2.38. The van der Waals surface area contributed by atoms with Crippen LogP contribution >= 0.6 is 24.0 Å². The van der Waals surface area contributed by atoms with Crippen molar-refractivity contribution in [3.05, 3.63) is 39.9 Å². The molecular weight excluding hydrogens is 387 g/mol. The van der Waals surface area contributed by atoms with Crippen molar-refractivity contribution in [1.29, 1.82) is 0 Å². The van der Waals surface area contributed by atoms with E-state index in [1.165, 1.54) is 6.07 Å². The minimum absolute atomic E-state index is 0. The highest BCUT2D eigenvalue weighted by Gasteiger charge is 2.05. The highest BCUT2D eigenvalue weighted by atomic mass is 127. The minimum Gasteiger partial charge on any atom is -0.380 e. The first kappa shape index (κ1) is 19.6. The quantitative estimate of drug-likeness (QED) is 0.180. The largest absolute Gasteiger partial charge is 0.380 e. The van der Waals surface area contributed by atoms with E-state index >= 15 is 0 Å². The van der Waals surface area contributed by atoms with Crippen molar-refractivity contribution < 1.29 is 9.66 Å². The van der Waals surface area contributed by atoms with Crippen LogP contribution in [-0.2, 0) is 11.3 Å². The van der Waals surface area contributed by atoms with Gasteiger partial charge in [0.1, 0.15) is 0 Å². The van der Waals surface area contributed by atoms with Crippen molar-refractivity contribution in [2.45, 2.75) is 13.5 Å². The van der Waals surface area contributed by atoms with Gasteiger partial charge in [0.25, 0.3) is 5.69 Å². The first-order valence-electron chi connectivity index (χ1n) is 6.43. The van der Waals surface area contributed by atoms with E-state index in [-0.39, 0.29) is 29.7 Å². The van der Waals surface area contributed by atoms with Gasteiger partial charge in [0.05, 0.1) is 11.5 Å². The maximum Gasteiger partial charge on any atom is 0.269 e. The fourth-order valence-corrected chi connectivity index (χ4v) is 1.57. The smallest absolute Gasteiger partial charge is 0.269 e. The SMILES string of the molecule is CCOCCNC(=NC)NCc1cccc([N+](=O)[O-])c1.I. The third-order valence-electron chi connectivity index (χ3n) is 2.55. The number of benzene rings is 1. The molecule has 7 nitrogen and oxygen atoms in total. The van der Waals surface area contributed by atoms with Gasteiger partial charge in [0.15, 0.2) is 5.96 Å². The van der Waals surface area contributed by atoms with Crippen molar-refractivity contribution in [3.8, 4) is 0 Å². The van der Waals surface area contributed by atoms with E-state index in [9.17, 15) is 10.1 Å². The Morgan fingerprint density at radius 2 is 2.19 bits per heavy atom. The molecule has 2 N–H and O–H groups in total. The van der Waals surface area contributed by atoms with E-state index in [1.807, 2.05) is 13.0 Å². The van der Waals surface area contributed by atoms with Gasteiger partial charge in [0, 0.05) is 38.9 Å². The van der Waals surface area contributed by atoms with E-state index in [1.54, 1.807) is 19.2 Å². The zero-order valence-electron chi connectivity index (χ0n) is 12.2. The van der Waals surface area contributed by atoms with E-state index in [2.05, 4.69) is 15.6 Å². The van der Waals surface area contributed by atoms with Crippen molar-refractivity contribution in [3.63, 3.8) is 0 Å². The molecule has 1 aromatic rings. The number of aliphatic imine (C=N–C) groups is 1. The van der Waals surface area contributed by atoms with Crippen LogP contribution in [0.5, 0.6) is 0 Å². The molecule has 0 amide bonds. The molecular formula is C13H21IN4O3. The molecule has 0 aliphatic heterocycles. The Morgan fingerprint density at radius 1 is 1.43 bits per heavy atom. The summed E-state index contributed by atoms with van der Waals surface area (Å²) in [6.45, 7) is 4.35. The number of nitro groups is 1. The number of guanidine groups is 1. The molecule has 0 spiro atoms. The zero-order chi connectivity index (χ0) is 14.8. The average molecular weight is 408 g/mol. The van der Waals surface area contributed by atoms with Gasteiger partial charge in [-0.05, 0) is 12.5 Å². The molecule has 0 unspecified atom stereocenters. The minimum atomic E-state index is -0.404. The number of hydrogen-bond donors (Lipinski definition) is 2. The summed E-state index contributed by atoms with van der Waals surface area (Å²) in [5.41, 5.74) is 0.913. The van der Waals surface area contributed by atoms with Gasteiger partial charge < -0.3 is 15.4 Å². The van der Waals surface area contributed by atoms with E-state index < -0.39 is 4.92 Å². The van der Waals surface area contributed by atoms with Crippen LogP contribution in [0.15, 0.2) is 29.3 Å². The Balaban J connectivity index is 0.00000400. The van der Waals surface area contributed by atoms with Crippen LogP contribution in [-0.4, -0.2) is 37.7 Å². The summed E-state index contributed by atoms with van der Waals surface area (Å²) < 4.78 is 5.21. The van der Waals surface area contributed by atoms with Crippen molar-refractivity contribution in [2.24, 2.45) is 4.99 Å². The first-order valence-corrected chi connectivity index (χ1v) is 6.43. The summed E-state index contributed by atoms with van der Waals surface area (Å²) in [7, 11) is 1.67. The van der Waals surface area contributed by atoms with Crippen LogP contribution in [0, 0.1) is 10.1 Å². The molecule has 8 heteroatoms. The van der Waals surface area contributed by atoms with Crippen molar-refractivity contribution >= 4 is 35.6 Å². The van der Waals surface area contributed by atoms with Crippen LogP contribution < -0.4 is 10.6 Å². The molecule has 0 heterocycles. The maximum absolute atomic E-state index is 10.7. The van der Waals surface area contributed by atoms with E-state index in [0.29, 0.717) is 32.3 Å². The molecule has 0 aromatic heterocycles. The van der Waals surface area contributed by atoms with Gasteiger partial charge in [-0.15, -0.1) is 24.0 Å². The lowest BCUT2D eigenvalue weighted by atomic mass is 10.2. The predicted octanol–water partition coefficient (Wildman–Crippen LogP) is 1.91. The Kier molecular flexibility index (Phi) is 10.5. The van der Waals surface area contributed by atoms with E-state index in [0.717, 1.165) is 5.56 Å². The highest BCUT2D eigenvalue weighted by Crippen LogP contribution is 2.12. The number of non-ortho nitro benzene ring substituents is 1. The summed E-state index contributed by atoms with van der Waals surface area (Å²) in [6.07, 6.45) is 0. The van der Waals surface area contributed by atoms with Crippen LogP contribution in [0.4, 0.5) is 5.69 Å². The maximum atomic E-state index is 10.7. The van der Waals surface area contributed by atoms with Gasteiger partial charge >= 0.3 is 0 Å². The van der Waals surface area contributed by atoms with Crippen LogP contribution in [0.3, 0.4) is 0 Å². The number of hydrogen-bond acceptors (Lipinski definition) is 4. The Morgan fingerprint density at radius 3 is 2.81 bits per heavy atom. The second-order valence-corrected chi connectivity index (χ2v) is 3.98. The van der Waals surface area contributed by atoms with Gasteiger partial charge in [-0.1, -0.05) is 12.1 Å². The van der Waals surface area contributed by atoms with Crippen molar-refractivity contribution in [1.82, 2.24) is 10.6 Å². The second-order valence-electron chi connectivity index (χ2n) is 3.98. The number of nitrogens with zero attached hydrogens (tertiary/aromatic N) is 2. The summed E-state index contributed by atoms with van der Waals surface area (Å²) in [4.78, 5) is 14.3. The molecule has 0 aliphatic rings. The van der Waals surface area contributed by atoms with Crippen LogP contribution in [0.2, 0.25) is 0 Å². The van der Waals surface area contributed by atoms with Gasteiger partial charge in [-0.25, -0.2) is 0 Å². The highest BCUT2D eigenvalue weighted by molar-refractivity contribution is 14.0. The predicted molar refractivity (Wildman–Crippen MR) is 93.2 cm³/mol. The standard InChI is InChI=1S/C13H20N4O3.HI/c1-3-20-8-7-15-13(14-2)16-10-11-5-4-6-12(9-11)17(18)19;/h4-6,9H,3,7-8,10H2,1-2H3,(H2,14,15,16);1H. The molecule has 0 atom stereocenters. The lowest BCUT2D eigenvalue weighted by Gasteiger charge is -2.11. The third-order valence-corrected chi connectivity index (χ3v) is 2.55. The Bertz CT molecular complexity index is 468. The molecule has 0 bridgehead atoms. The first-order chi connectivity index (χ1) is 9.67. The normalized spacial score (nSPS) is 10.7. The van der Waals surface area contributed by atoms with Gasteiger partial charge in [-0.2, -0.15) is 0 Å². The van der Waals surface area contributed by atoms with Gasteiger partial charge in [0.2, 0.25) is 0 Å².